The maximum Gasteiger partial charge on any atom is 0.268 e. The number of hydrogen-bond donors (Lipinski definition) is 0. The van der Waals surface area contributed by atoms with Crippen LogP contribution >= 0.6 is 15.9 Å². The zero-order chi connectivity index (χ0) is 8.43. The van der Waals surface area contributed by atoms with E-state index in [1.807, 2.05) is 13.8 Å². The largest absolute Gasteiger partial charge is 0.268 e. The molecule has 60 valence electrons. The average molecular weight is 217 g/mol. The van der Waals surface area contributed by atoms with Crippen LogP contribution in [0.25, 0.3) is 0 Å². The van der Waals surface area contributed by atoms with E-state index in [1.165, 1.54) is 10.7 Å². The molecule has 0 unspecified atom stereocenters. The Morgan fingerprint density at radius 2 is 2.27 bits per heavy atom. The van der Waals surface area contributed by atoms with Gasteiger partial charge in [0, 0.05) is 10.5 Å². The Morgan fingerprint density at radius 3 is 2.73 bits per heavy atom. The first-order chi connectivity index (χ1) is 5.11. The maximum absolute atomic E-state index is 11.2. The van der Waals surface area contributed by atoms with Gasteiger partial charge in [-0.2, -0.15) is 5.10 Å². The van der Waals surface area contributed by atoms with Crippen molar-refractivity contribution in [3.05, 3.63) is 27.1 Å². The molecule has 0 aliphatic heterocycles. The van der Waals surface area contributed by atoms with E-state index < -0.39 is 0 Å². The molecule has 0 spiro atoms. The van der Waals surface area contributed by atoms with Crippen LogP contribution in [0.1, 0.15) is 19.9 Å². The molecule has 1 heterocycles. The highest BCUT2D eigenvalue weighted by atomic mass is 79.9. The van der Waals surface area contributed by atoms with Crippen molar-refractivity contribution in [3.63, 3.8) is 0 Å². The predicted molar refractivity (Wildman–Crippen MR) is 46.6 cm³/mol. The van der Waals surface area contributed by atoms with Crippen LogP contribution in [0.15, 0.2) is 21.5 Å². The summed E-state index contributed by atoms with van der Waals surface area (Å²) in [4.78, 5) is 11.2. The van der Waals surface area contributed by atoms with Gasteiger partial charge in [0.25, 0.3) is 5.56 Å². The molecular weight excluding hydrogens is 208 g/mol. The second-order valence-corrected chi connectivity index (χ2v) is 3.47. The summed E-state index contributed by atoms with van der Waals surface area (Å²) < 4.78 is 2.16. The Morgan fingerprint density at radius 1 is 1.64 bits per heavy atom. The molecular formula is C7H9BrN2O. The lowest BCUT2D eigenvalue weighted by Crippen LogP contribution is -2.23. The van der Waals surface area contributed by atoms with Gasteiger partial charge in [-0.05, 0) is 29.8 Å². The Bertz CT molecular complexity index is 306. The van der Waals surface area contributed by atoms with E-state index in [0.29, 0.717) is 0 Å². The van der Waals surface area contributed by atoms with Crippen LogP contribution in [-0.4, -0.2) is 9.78 Å². The van der Waals surface area contributed by atoms with E-state index in [1.54, 1.807) is 6.20 Å². The van der Waals surface area contributed by atoms with E-state index in [9.17, 15) is 4.79 Å². The van der Waals surface area contributed by atoms with Gasteiger partial charge in [0.1, 0.15) is 0 Å². The molecule has 0 aliphatic rings. The first-order valence-corrected chi connectivity index (χ1v) is 4.15. The predicted octanol–water partition coefficient (Wildman–Crippen LogP) is 1.59. The van der Waals surface area contributed by atoms with Crippen LogP contribution in [0.4, 0.5) is 0 Å². The minimum absolute atomic E-state index is 0.0747. The molecule has 0 aromatic carbocycles. The monoisotopic (exact) mass is 216 g/mol. The number of halogens is 1. The third kappa shape index (κ3) is 1.89. The quantitative estimate of drug-likeness (QED) is 0.715. The third-order valence-electron chi connectivity index (χ3n) is 1.28. The van der Waals surface area contributed by atoms with Gasteiger partial charge < -0.3 is 0 Å². The Hall–Kier alpha value is -0.640. The molecule has 1 aromatic rings. The lowest BCUT2D eigenvalue weighted by Gasteiger charge is -2.06. The van der Waals surface area contributed by atoms with Crippen LogP contribution in [0.5, 0.6) is 0 Å². The topological polar surface area (TPSA) is 34.9 Å². The highest BCUT2D eigenvalue weighted by Crippen LogP contribution is 2.03. The summed E-state index contributed by atoms with van der Waals surface area (Å²) in [6.45, 7) is 3.84. The lowest BCUT2D eigenvalue weighted by molar-refractivity contribution is 0.501. The molecule has 0 fully saturated rings. The summed E-state index contributed by atoms with van der Waals surface area (Å²) in [7, 11) is 0. The van der Waals surface area contributed by atoms with E-state index in [2.05, 4.69) is 21.0 Å². The van der Waals surface area contributed by atoms with E-state index in [-0.39, 0.29) is 11.6 Å². The zero-order valence-corrected chi connectivity index (χ0v) is 8.00. The first kappa shape index (κ1) is 8.46. The molecule has 0 saturated heterocycles. The van der Waals surface area contributed by atoms with Crippen molar-refractivity contribution in [1.82, 2.24) is 9.78 Å². The highest BCUT2D eigenvalue weighted by molar-refractivity contribution is 9.10. The number of rotatable bonds is 1. The SMILES string of the molecule is CC(C)n1ncc(Br)cc1=O. The highest BCUT2D eigenvalue weighted by Gasteiger charge is 2.00. The summed E-state index contributed by atoms with van der Waals surface area (Å²) in [5.74, 6) is 0. The van der Waals surface area contributed by atoms with Crippen LogP contribution in [-0.2, 0) is 0 Å². The standard InChI is InChI=1S/C7H9BrN2O/c1-5(2)10-7(11)3-6(8)4-9-10/h3-5H,1-2H3. The van der Waals surface area contributed by atoms with Crippen LogP contribution in [0.2, 0.25) is 0 Å². The van der Waals surface area contributed by atoms with Crippen molar-refractivity contribution in [2.45, 2.75) is 19.9 Å². The van der Waals surface area contributed by atoms with Crippen molar-refractivity contribution >= 4 is 15.9 Å². The summed E-state index contributed by atoms with van der Waals surface area (Å²) in [5.41, 5.74) is -0.0747. The van der Waals surface area contributed by atoms with Crippen molar-refractivity contribution in [1.29, 1.82) is 0 Å². The molecule has 11 heavy (non-hydrogen) atoms. The molecule has 0 atom stereocenters. The minimum atomic E-state index is -0.0747. The summed E-state index contributed by atoms with van der Waals surface area (Å²) in [6.07, 6.45) is 1.61. The summed E-state index contributed by atoms with van der Waals surface area (Å²) in [6, 6.07) is 1.63. The second kappa shape index (κ2) is 3.17. The second-order valence-electron chi connectivity index (χ2n) is 2.55. The van der Waals surface area contributed by atoms with Gasteiger partial charge in [0.15, 0.2) is 0 Å². The van der Waals surface area contributed by atoms with Crippen LogP contribution in [0, 0.1) is 0 Å². The molecule has 3 nitrogen and oxygen atoms in total. The van der Waals surface area contributed by atoms with E-state index in [4.69, 9.17) is 0 Å². The molecule has 1 rings (SSSR count). The summed E-state index contributed by atoms with van der Waals surface area (Å²) >= 11 is 3.17. The lowest BCUT2D eigenvalue weighted by atomic mass is 10.4. The normalized spacial score (nSPS) is 10.5. The smallest absolute Gasteiger partial charge is 0.268 e. The van der Waals surface area contributed by atoms with Crippen molar-refractivity contribution in [3.8, 4) is 0 Å². The maximum atomic E-state index is 11.2. The molecule has 0 saturated carbocycles. The Labute approximate surface area is 73.2 Å². The average Bonchev–Trinajstić information content (AvgIpc) is 1.85. The fourth-order valence-electron chi connectivity index (χ4n) is 0.783. The third-order valence-corrected chi connectivity index (χ3v) is 1.72. The van der Waals surface area contributed by atoms with Gasteiger partial charge in [0.05, 0.1) is 12.2 Å². The molecule has 0 bridgehead atoms. The van der Waals surface area contributed by atoms with Gasteiger partial charge in [-0.15, -0.1) is 0 Å². The number of aromatic nitrogens is 2. The molecule has 0 amide bonds. The summed E-state index contributed by atoms with van der Waals surface area (Å²) in [5, 5.41) is 3.93. The fourth-order valence-corrected chi connectivity index (χ4v) is 1.07. The van der Waals surface area contributed by atoms with E-state index >= 15 is 0 Å². The molecule has 4 heteroatoms. The molecule has 0 N–H and O–H groups in total. The van der Waals surface area contributed by atoms with Crippen molar-refractivity contribution in [2.24, 2.45) is 0 Å². The number of nitrogens with zero attached hydrogens (tertiary/aromatic N) is 2. The molecule has 1 aromatic heterocycles. The van der Waals surface area contributed by atoms with Crippen molar-refractivity contribution in [2.75, 3.05) is 0 Å². The van der Waals surface area contributed by atoms with Crippen LogP contribution < -0.4 is 5.56 Å². The van der Waals surface area contributed by atoms with Crippen LogP contribution in [0.3, 0.4) is 0 Å². The molecule has 0 radical (unpaired) electrons. The van der Waals surface area contributed by atoms with Gasteiger partial charge in [0.2, 0.25) is 0 Å². The van der Waals surface area contributed by atoms with Gasteiger partial charge in [-0.1, -0.05) is 0 Å². The first-order valence-electron chi connectivity index (χ1n) is 3.35. The minimum Gasteiger partial charge on any atom is -0.268 e. The van der Waals surface area contributed by atoms with Gasteiger partial charge in [-0.25, -0.2) is 4.68 Å². The zero-order valence-electron chi connectivity index (χ0n) is 6.41. The number of hydrogen-bond acceptors (Lipinski definition) is 2. The van der Waals surface area contributed by atoms with Crippen molar-refractivity contribution < 1.29 is 0 Å². The Balaban J connectivity index is 3.21. The fraction of sp³-hybridized carbons (Fsp3) is 0.429. The molecule has 0 aliphatic carbocycles. The van der Waals surface area contributed by atoms with E-state index in [0.717, 1.165) is 4.47 Å². The van der Waals surface area contributed by atoms with Gasteiger partial charge in [-0.3, -0.25) is 4.79 Å². The van der Waals surface area contributed by atoms with Gasteiger partial charge >= 0.3 is 0 Å². The Kier molecular flexibility index (Phi) is 2.44.